The van der Waals surface area contributed by atoms with Gasteiger partial charge in [0.15, 0.2) is 0 Å². The Balaban J connectivity index is 1.97. The van der Waals surface area contributed by atoms with Gasteiger partial charge in [0.1, 0.15) is 5.54 Å². The van der Waals surface area contributed by atoms with Crippen LogP contribution >= 0.6 is 0 Å². The number of amides is 2. The third-order valence-electron chi connectivity index (χ3n) is 4.37. The van der Waals surface area contributed by atoms with Crippen molar-refractivity contribution in [3.8, 4) is 0 Å². The number of likely N-dealkylation sites (tertiary alicyclic amines) is 1. The Hall–Kier alpha value is -1.79. The molecule has 2 N–H and O–H groups in total. The van der Waals surface area contributed by atoms with E-state index in [9.17, 15) is 19.5 Å². The summed E-state index contributed by atoms with van der Waals surface area (Å²) < 4.78 is 4.71. The van der Waals surface area contributed by atoms with Crippen LogP contribution in [-0.4, -0.2) is 53.7 Å². The third-order valence-corrected chi connectivity index (χ3v) is 4.37. The van der Waals surface area contributed by atoms with E-state index >= 15 is 0 Å². The van der Waals surface area contributed by atoms with Crippen molar-refractivity contribution in [2.75, 3.05) is 20.2 Å². The second kappa shape index (κ2) is 5.30. The molecule has 7 heteroatoms. The van der Waals surface area contributed by atoms with Crippen molar-refractivity contribution in [2.24, 2.45) is 11.8 Å². The van der Waals surface area contributed by atoms with E-state index in [1.165, 1.54) is 12.0 Å². The van der Waals surface area contributed by atoms with Crippen molar-refractivity contribution in [1.29, 1.82) is 0 Å². The van der Waals surface area contributed by atoms with Crippen LogP contribution < -0.4 is 5.32 Å². The van der Waals surface area contributed by atoms with Crippen LogP contribution in [0.4, 0.5) is 4.79 Å². The first-order chi connectivity index (χ1) is 9.39. The molecule has 0 aromatic heterocycles. The summed E-state index contributed by atoms with van der Waals surface area (Å²) in [5.41, 5.74) is -1.12. The predicted octanol–water partition coefficient (Wildman–Crippen LogP) is 0.444. The van der Waals surface area contributed by atoms with Gasteiger partial charge in [-0.25, -0.2) is 9.59 Å². The first-order valence-corrected chi connectivity index (χ1v) is 6.78. The van der Waals surface area contributed by atoms with Crippen molar-refractivity contribution in [1.82, 2.24) is 10.2 Å². The number of nitrogens with zero attached hydrogens (tertiary/aromatic N) is 1. The van der Waals surface area contributed by atoms with Crippen LogP contribution in [0.15, 0.2) is 0 Å². The first kappa shape index (κ1) is 14.6. The molecule has 2 fully saturated rings. The van der Waals surface area contributed by atoms with Crippen LogP contribution in [0.2, 0.25) is 0 Å². The highest BCUT2D eigenvalue weighted by Crippen LogP contribution is 2.33. The Bertz CT molecular complexity index is 432. The van der Waals surface area contributed by atoms with Gasteiger partial charge in [-0.15, -0.1) is 0 Å². The monoisotopic (exact) mass is 284 g/mol. The van der Waals surface area contributed by atoms with Crippen molar-refractivity contribution >= 4 is 18.0 Å². The van der Waals surface area contributed by atoms with Gasteiger partial charge < -0.3 is 20.1 Å². The number of esters is 1. The number of carbonyl (C=O) groups excluding carboxylic acids is 2. The zero-order valence-electron chi connectivity index (χ0n) is 11.7. The van der Waals surface area contributed by atoms with E-state index in [1.54, 1.807) is 0 Å². The number of nitrogens with one attached hydrogen (secondary N) is 1. The standard InChI is InChI=1S/C13H20N2O5/c1-8-6-15(7-9(8)10(16)20-2)12(19)14-13(11(17)18)4-3-5-13/h8-9H,3-7H2,1-2H3,(H,14,19)(H,17,18). The van der Waals surface area contributed by atoms with Crippen LogP contribution in [-0.2, 0) is 14.3 Å². The molecule has 1 heterocycles. The summed E-state index contributed by atoms with van der Waals surface area (Å²) in [7, 11) is 1.32. The lowest BCUT2D eigenvalue weighted by molar-refractivity contribution is -0.148. The second-order valence-corrected chi connectivity index (χ2v) is 5.68. The minimum absolute atomic E-state index is 0.00960. The number of carboxylic acid groups (broad SMARTS) is 1. The molecule has 0 aromatic carbocycles. The van der Waals surface area contributed by atoms with E-state index in [2.05, 4.69) is 5.32 Å². The molecule has 20 heavy (non-hydrogen) atoms. The van der Waals surface area contributed by atoms with Gasteiger partial charge in [-0.3, -0.25) is 4.79 Å². The van der Waals surface area contributed by atoms with Crippen molar-refractivity contribution < 1.29 is 24.2 Å². The number of rotatable bonds is 3. The number of methoxy groups -OCH3 is 1. The number of ether oxygens (including phenoxy) is 1. The van der Waals surface area contributed by atoms with E-state index in [4.69, 9.17) is 4.74 Å². The minimum atomic E-state index is -1.12. The average Bonchev–Trinajstić information content (AvgIpc) is 2.74. The smallest absolute Gasteiger partial charge is 0.329 e. The fourth-order valence-electron chi connectivity index (χ4n) is 2.80. The van der Waals surface area contributed by atoms with E-state index in [1.807, 2.05) is 6.92 Å². The quantitative estimate of drug-likeness (QED) is 0.733. The fraction of sp³-hybridized carbons (Fsp3) is 0.769. The molecular formula is C13H20N2O5. The Labute approximate surface area is 117 Å². The molecular weight excluding hydrogens is 264 g/mol. The lowest BCUT2D eigenvalue weighted by atomic mass is 9.77. The molecule has 7 nitrogen and oxygen atoms in total. The summed E-state index contributed by atoms with van der Waals surface area (Å²) in [4.78, 5) is 36.5. The molecule has 2 aliphatic rings. The molecule has 2 unspecified atom stereocenters. The number of carboxylic acids is 1. The fourth-order valence-corrected chi connectivity index (χ4v) is 2.80. The van der Waals surface area contributed by atoms with Crippen LogP contribution in [0.1, 0.15) is 26.2 Å². The minimum Gasteiger partial charge on any atom is -0.480 e. The topological polar surface area (TPSA) is 95.9 Å². The Kier molecular flexibility index (Phi) is 3.87. The van der Waals surface area contributed by atoms with Gasteiger partial charge in [0.05, 0.1) is 13.0 Å². The van der Waals surface area contributed by atoms with Crippen LogP contribution in [0.3, 0.4) is 0 Å². The SMILES string of the molecule is COC(=O)C1CN(C(=O)NC2(C(=O)O)CCC2)CC1C. The molecule has 1 aliphatic heterocycles. The number of hydrogen-bond acceptors (Lipinski definition) is 4. The summed E-state index contributed by atoms with van der Waals surface area (Å²) in [6.07, 6.45) is 1.71. The lowest BCUT2D eigenvalue weighted by Crippen LogP contribution is -2.61. The zero-order chi connectivity index (χ0) is 14.9. The number of aliphatic carboxylic acids is 1. The maximum atomic E-state index is 12.2. The van der Waals surface area contributed by atoms with Crippen LogP contribution in [0, 0.1) is 11.8 Å². The zero-order valence-corrected chi connectivity index (χ0v) is 11.7. The average molecular weight is 284 g/mol. The van der Waals surface area contributed by atoms with Gasteiger partial charge in [0.2, 0.25) is 0 Å². The highest BCUT2D eigenvalue weighted by molar-refractivity contribution is 5.87. The Morgan fingerprint density at radius 3 is 2.40 bits per heavy atom. The molecule has 2 rings (SSSR count). The summed E-state index contributed by atoms with van der Waals surface area (Å²) >= 11 is 0. The van der Waals surface area contributed by atoms with Crippen molar-refractivity contribution in [3.63, 3.8) is 0 Å². The molecule has 0 spiro atoms. The number of urea groups is 1. The molecule has 0 bridgehead atoms. The van der Waals surface area contributed by atoms with Crippen LogP contribution in [0.5, 0.6) is 0 Å². The molecule has 0 aromatic rings. The largest absolute Gasteiger partial charge is 0.480 e. The number of hydrogen-bond donors (Lipinski definition) is 2. The van der Waals surface area contributed by atoms with Crippen molar-refractivity contribution in [3.05, 3.63) is 0 Å². The van der Waals surface area contributed by atoms with Gasteiger partial charge in [-0.05, 0) is 25.2 Å². The van der Waals surface area contributed by atoms with Gasteiger partial charge in [0.25, 0.3) is 0 Å². The molecule has 1 aliphatic carbocycles. The van der Waals surface area contributed by atoms with Gasteiger partial charge in [-0.1, -0.05) is 6.92 Å². The van der Waals surface area contributed by atoms with Gasteiger partial charge >= 0.3 is 18.0 Å². The normalized spacial score (nSPS) is 27.6. The van der Waals surface area contributed by atoms with E-state index in [0.717, 1.165) is 6.42 Å². The molecule has 2 amide bonds. The molecule has 2 atom stereocenters. The lowest BCUT2D eigenvalue weighted by Gasteiger charge is -2.39. The highest BCUT2D eigenvalue weighted by Gasteiger charge is 2.47. The van der Waals surface area contributed by atoms with Crippen LogP contribution in [0.25, 0.3) is 0 Å². The number of carbonyl (C=O) groups is 3. The van der Waals surface area contributed by atoms with Gasteiger partial charge in [0, 0.05) is 13.1 Å². The Morgan fingerprint density at radius 1 is 1.30 bits per heavy atom. The van der Waals surface area contributed by atoms with E-state index in [0.29, 0.717) is 19.4 Å². The molecule has 1 saturated heterocycles. The first-order valence-electron chi connectivity index (χ1n) is 6.78. The molecule has 0 radical (unpaired) electrons. The Morgan fingerprint density at radius 2 is 1.95 bits per heavy atom. The van der Waals surface area contributed by atoms with E-state index < -0.39 is 17.5 Å². The molecule has 1 saturated carbocycles. The molecule has 112 valence electrons. The summed E-state index contributed by atoms with van der Waals surface area (Å²) in [5, 5.41) is 11.8. The highest BCUT2D eigenvalue weighted by atomic mass is 16.5. The predicted molar refractivity (Wildman–Crippen MR) is 69.0 cm³/mol. The summed E-state index contributed by atoms with van der Waals surface area (Å²) in [6, 6.07) is -0.412. The summed E-state index contributed by atoms with van der Waals surface area (Å²) in [6.45, 7) is 2.59. The van der Waals surface area contributed by atoms with Crippen molar-refractivity contribution in [2.45, 2.75) is 31.7 Å². The summed E-state index contributed by atoms with van der Waals surface area (Å²) in [5.74, 6) is -1.65. The maximum absolute atomic E-state index is 12.2. The van der Waals surface area contributed by atoms with Gasteiger partial charge in [-0.2, -0.15) is 0 Å². The third kappa shape index (κ3) is 2.44. The maximum Gasteiger partial charge on any atom is 0.329 e. The second-order valence-electron chi connectivity index (χ2n) is 5.68. The van der Waals surface area contributed by atoms with E-state index in [-0.39, 0.29) is 24.3 Å².